The third-order valence-electron chi connectivity index (χ3n) is 5.46. The highest BCUT2D eigenvalue weighted by Gasteiger charge is 2.03. The lowest BCUT2D eigenvalue weighted by molar-refractivity contribution is -0.122. The van der Waals surface area contributed by atoms with Gasteiger partial charge >= 0.3 is 0 Å². The molecule has 0 spiro atoms. The molecule has 0 aliphatic heterocycles. The number of amides is 1. The van der Waals surface area contributed by atoms with Gasteiger partial charge < -0.3 is 0 Å². The Hall–Kier alpha value is -1.42. The fourth-order valence-electron chi connectivity index (χ4n) is 3.53. The van der Waals surface area contributed by atoms with Gasteiger partial charge in [0.2, 0.25) is 5.91 Å². The normalized spacial score (nSPS) is 11.2. The van der Waals surface area contributed by atoms with E-state index in [0.29, 0.717) is 18.9 Å². The summed E-state index contributed by atoms with van der Waals surface area (Å²) in [6, 6.07) is 4.08. The maximum atomic E-state index is 11.9. The standard InChI is InChI=1S/C25H45N3O/c1-4-5-6-7-8-9-10-11-12-13-14-15-16-17-25(29)28-27-21-23-18-19-26-24(20-23)22(2)3/h18-20,22,27H,4-17,21H2,1-3H3,(H,28,29). The second-order valence-electron chi connectivity index (χ2n) is 8.64. The van der Waals surface area contributed by atoms with Crippen molar-refractivity contribution in [1.82, 2.24) is 15.8 Å². The van der Waals surface area contributed by atoms with Crippen molar-refractivity contribution in [3.8, 4) is 0 Å². The first-order valence-corrected chi connectivity index (χ1v) is 12.1. The predicted molar refractivity (Wildman–Crippen MR) is 124 cm³/mol. The van der Waals surface area contributed by atoms with Gasteiger partial charge in [-0.25, -0.2) is 5.43 Å². The molecule has 0 unspecified atom stereocenters. The predicted octanol–water partition coefficient (Wildman–Crippen LogP) is 6.81. The number of carbonyl (C=O) groups excluding carboxylic acids is 1. The summed E-state index contributed by atoms with van der Waals surface area (Å²) in [5.41, 5.74) is 8.08. The highest BCUT2D eigenvalue weighted by molar-refractivity contribution is 5.75. The van der Waals surface area contributed by atoms with Crippen LogP contribution < -0.4 is 10.9 Å². The van der Waals surface area contributed by atoms with Crippen molar-refractivity contribution in [3.63, 3.8) is 0 Å². The monoisotopic (exact) mass is 403 g/mol. The molecule has 0 aliphatic rings. The third-order valence-corrected chi connectivity index (χ3v) is 5.46. The van der Waals surface area contributed by atoms with Gasteiger partial charge in [0.05, 0.1) is 0 Å². The molecular weight excluding hydrogens is 358 g/mol. The van der Waals surface area contributed by atoms with Crippen LogP contribution in [0.4, 0.5) is 0 Å². The van der Waals surface area contributed by atoms with E-state index < -0.39 is 0 Å². The summed E-state index contributed by atoms with van der Waals surface area (Å²) in [6.45, 7) is 7.18. The van der Waals surface area contributed by atoms with Gasteiger partial charge in [-0.1, -0.05) is 97.8 Å². The summed E-state index contributed by atoms with van der Waals surface area (Å²) < 4.78 is 0. The van der Waals surface area contributed by atoms with Gasteiger partial charge in [-0.2, -0.15) is 0 Å². The Kier molecular flexibility index (Phi) is 15.4. The summed E-state index contributed by atoms with van der Waals surface area (Å²) in [5.74, 6) is 0.506. The van der Waals surface area contributed by atoms with Crippen molar-refractivity contribution in [2.45, 2.75) is 123 Å². The van der Waals surface area contributed by atoms with Gasteiger partial charge in [-0.05, 0) is 30.0 Å². The summed E-state index contributed by atoms with van der Waals surface area (Å²) in [5, 5.41) is 0. The molecule has 1 heterocycles. The minimum atomic E-state index is 0.0891. The number of unbranched alkanes of at least 4 members (excludes halogenated alkanes) is 12. The summed E-state index contributed by atoms with van der Waals surface area (Å²) in [6.07, 6.45) is 19.7. The second kappa shape index (κ2) is 17.4. The van der Waals surface area contributed by atoms with Crippen molar-refractivity contribution in [1.29, 1.82) is 0 Å². The number of nitrogens with zero attached hydrogens (tertiary/aromatic N) is 1. The smallest absolute Gasteiger partial charge is 0.234 e. The Labute approximate surface area is 179 Å². The average Bonchev–Trinajstić information content (AvgIpc) is 2.71. The maximum absolute atomic E-state index is 11.9. The number of pyridine rings is 1. The lowest BCUT2D eigenvalue weighted by Gasteiger charge is -2.09. The van der Waals surface area contributed by atoms with Gasteiger partial charge in [0.15, 0.2) is 0 Å². The molecule has 4 nitrogen and oxygen atoms in total. The molecule has 0 radical (unpaired) electrons. The van der Waals surface area contributed by atoms with Gasteiger partial charge in [0.25, 0.3) is 0 Å². The quantitative estimate of drug-likeness (QED) is 0.209. The van der Waals surface area contributed by atoms with Gasteiger partial charge in [0.1, 0.15) is 0 Å². The lowest BCUT2D eigenvalue weighted by Crippen LogP contribution is -2.36. The number of rotatable bonds is 18. The Morgan fingerprint density at radius 1 is 0.897 bits per heavy atom. The summed E-state index contributed by atoms with van der Waals surface area (Å²) >= 11 is 0. The topological polar surface area (TPSA) is 54.0 Å². The number of hydrazine groups is 1. The van der Waals surface area contributed by atoms with Crippen LogP contribution in [0.2, 0.25) is 0 Å². The molecule has 0 atom stereocenters. The van der Waals surface area contributed by atoms with Crippen LogP contribution in [0.5, 0.6) is 0 Å². The lowest BCUT2D eigenvalue weighted by atomic mass is 10.0. The minimum absolute atomic E-state index is 0.0891. The van der Waals surface area contributed by atoms with E-state index in [4.69, 9.17) is 0 Å². The van der Waals surface area contributed by atoms with E-state index in [1.807, 2.05) is 12.3 Å². The number of carbonyl (C=O) groups is 1. The molecule has 1 aromatic rings. The van der Waals surface area contributed by atoms with Crippen molar-refractivity contribution in [2.24, 2.45) is 0 Å². The average molecular weight is 404 g/mol. The van der Waals surface area contributed by atoms with Crippen LogP contribution in [0.15, 0.2) is 18.3 Å². The molecule has 0 saturated heterocycles. The Balaban J connectivity index is 1.90. The van der Waals surface area contributed by atoms with Crippen molar-refractivity contribution < 1.29 is 4.79 Å². The van der Waals surface area contributed by atoms with Gasteiger partial charge in [-0.3, -0.25) is 15.2 Å². The zero-order valence-electron chi connectivity index (χ0n) is 19.3. The molecule has 0 aromatic carbocycles. The van der Waals surface area contributed by atoms with E-state index in [-0.39, 0.29) is 5.91 Å². The summed E-state index contributed by atoms with van der Waals surface area (Å²) in [7, 11) is 0. The summed E-state index contributed by atoms with van der Waals surface area (Å²) in [4.78, 5) is 16.3. The van der Waals surface area contributed by atoms with Crippen LogP contribution in [-0.2, 0) is 11.3 Å². The molecule has 0 aliphatic carbocycles. The van der Waals surface area contributed by atoms with E-state index in [1.165, 1.54) is 70.6 Å². The first kappa shape index (κ1) is 25.6. The minimum Gasteiger partial charge on any atom is -0.291 e. The number of nitrogens with one attached hydrogen (secondary N) is 2. The molecular formula is C25H45N3O. The SMILES string of the molecule is CCCCCCCCCCCCCCCC(=O)NNCc1ccnc(C(C)C)c1. The molecule has 1 amide bonds. The molecule has 1 aromatic heterocycles. The largest absolute Gasteiger partial charge is 0.291 e. The van der Waals surface area contributed by atoms with Crippen LogP contribution in [0.3, 0.4) is 0 Å². The number of aromatic nitrogens is 1. The number of hydrogen-bond donors (Lipinski definition) is 2. The highest BCUT2D eigenvalue weighted by Crippen LogP contribution is 2.13. The highest BCUT2D eigenvalue weighted by atomic mass is 16.2. The molecule has 0 fully saturated rings. The molecule has 0 bridgehead atoms. The van der Waals surface area contributed by atoms with Crippen LogP contribution in [0.1, 0.15) is 128 Å². The van der Waals surface area contributed by atoms with E-state index >= 15 is 0 Å². The molecule has 2 N–H and O–H groups in total. The molecule has 166 valence electrons. The molecule has 0 saturated carbocycles. The Morgan fingerprint density at radius 2 is 1.45 bits per heavy atom. The first-order valence-electron chi connectivity index (χ1n) is 12.1. The van der Waals surface area contributed by atoms with E-state index in [2.05, 4.69) is 42.7 Å². The Morgan fingerprint density at radius 3 is 2.00 bits per heavy atom. The molecule has 4 heteroatoms. The number of hydrogen-bond acceptors (Lipinski definition) is 3. The molecule has 29 heavy (non-hydrogen) atoms. The maximum Gasteiger partial charge on any atom is 0.234 e. The zero-order chi connectivity index (χ0) is 21.2. The fourth-order valence-corrected chi connectivity index (χ4v) is 3.53. The van der Waals surface area contributed by atoms with Gasteiger partial charge in [0, 0.05) is 24.9 Å². The van der Waals surface area contributed by atoms with Crippen LogP contribution in [0, 0.1) is 0 Å². The molecule has 1 rings (SSSR count). The van der Waals surface area contributed by atoms with E-state index in [0.717, 1.165) is 24.1 Å². The van der Waals surface area contributed by atoms with Crippen molar-refractivity contribution in [3.05, 3.63) is 29.6 Å². The first-order chi connectivity index (χ1) is 14.1. The van der Waals surface area contributed by atoms with Crippen LogP contribution in [-0.4, -0.2) is 10.9 Å². The fraction of sp³-hybridized carbons (Fsp3) is 0.760. The second-order valence-corrected chi connectivity index (χ2v) is 8.64. The van der Waals surface area contributed by atoms with Crippen molar-refractivity contribution >= 4 is 5.91 Å². The Bertz CT molecular complexity index is 531. The van der Waals surface area contributed by atoms with Crippen LogP contribution in [0.25, 0.3) is 0 Å². The van der Waals surface area contributed by atoms with E-state index in [9.17, 15) is 4.79 Å². The zero-order valence-corrected chi connectivity index (χ0v) is 19.3. The van der Waals surface area contributed by atoms with Crippen molar-refractivity contribution in [2.75, 3.05) is 0 Å². The third kappa shape index (κ3) is 14.2. The van der Waals surface area contributed by atoms with Gasteiger partial charge in [-0.15, -0.1) is 0 Å². The van der Waals surface area contributed by atoms with Crippen LogP contribution >= 0.6 is 0 Å². The van der Waals surface area contributed by atoms with E-state index in [1.54, 1.807) is 0 Å².